The molecule has 0 fully saturated rings. The summed E-state index contributed by atoms with van der Waals surface area (Å²) in [7, 11) is 3.04. The Morgan fingerprint density at radius 3 is 2.09 bits per heavy atom. The number of rotatable bonds is 6. The van der Waals surface area contributed by atoms with E-state index in [1.54, 1.807) is 30.3 Å². The number of anilines is 2. The number of nitrogens with zero attached hydrogens (tertiary/aromatic N) is 1. The molecular weight excluding hydrogens is 423 g/mol. The van der Waals surface area contributed by atoms with Crippen molar-refractivity contribution in [2.24, 2.45) is 0 Å². The van der Waals surface area contributed by atoms with Gasteiger partial charge in [-0.25, -0.2) is 9.29 Å². The van der Waals surface area contributed by atoms with Crippen LogP contribution >= 0.6 is 0 Å². The molecule has 0 unspecified atom stereocenters. The van der Waals surface area contributed by atoms with Crippen molar-refractivity contribution in [1.29, 1.82) is 0 Å². The highest BCUT2D eigenvalue weighted by atomic mass is 19.1. The lowest BCUT2D eigenvalue weighted by atomic mass is 10.0. The van der Waals surface area contributed by atoms with E-state index in [0.717, 1.165) is 16.0 Å². The van der Waals surface area contributed by atoms with Crippen LogP contribution in [0.5, 0.6) is 11.5 Å². The van der Waals surface area contributed by atoms with Crippen molar-refractivity contribution >= 4 is 28.8 Å². The van der Waals surface area contributed by atoms with Crippen LogP contribution in [-0.4, -0.2) is 26.0 Å². The van der Waals surface area contributed by atoms with Crippen LogP contribution in [0.15, 0.2) is 66.4 Å². The van der Waals surface area contributed by atoms with Crippen LogP contribution < -0.4 is 19.7 Å². The first kappa shape index (κ1) is 22.1. The number of hydrogen-bond donors (Lipinski definition) is 1. The maximum atomic E-state index is 13.6. The molecule has 168 valence electrons. The lowest BCUT2D eigenvalue weighted by Crippen LogP contribution is -2.32. The van der Waals surface area contributed by atoms with Crippen LogP contribution in [0.3, 0.4) is 0 Å². The summed E-state index contributed by atoms with van der Waals surface area (Å²) < 4.78 is 24.2. The van der Waals surface area contributed by atoms with Gasteiger partial charge < -0.3 is 14.8 Å². The average Bonchev–Trinajstić information content (AvgIpc) is 3.03. The molecule has 0 aliphatic carbocycles. The van der Waals surface area contributed by atoms with E-state index < -0.39 is 17.6 Å². The van der Waals surface area contributed by atoms with Gasteiger partial charge >= 0.3 is 0 Å². The zero-order chi connectivity index (χ0) is 23.7. The molecule has 0 spiro atoms. The Morgan fingerprint density at radius 2 is 1.48 bits per heavy atom. The van der Waals surface area contributed by atoms with Gasteiger partial charge in [0.25, 0.3) is 11.8 Å². The van der Waals surface area contributed by atoms with Gasteiger partial charge in [0.15, 0.2) is 0 Å². The first-order valence-electron chi connectivity index (χ1n) is 10.3. The molecule has 1 aliphatic heterocycles. The zero-order valence-corrected chi connectivity index (χ0v) is 18.7. The summed E-state index contributed by atoms with van der Waals surface area (Å²) in [6.45, 7) is 3.80. The highest BCUT2D eigenvalue weighted by Crippen LogP contribution is 2.37. The van der Waals surface area contributed by atoms with Gasteiger partial charge in [0, 0.05) is 6.07 Å². The number of halogens is 1. The number of imide groups is 1. The number of benzene rings is 3. The van der Waals surface area contributed by atoms with E-state index in [4.69, 9.17) is 9.47 Å². The first-order chi connectivity index (χ1) is 15.8. The van der Waals surface area contributed by atoms with Gasteiger partial charge in [-0.3, -0.25) is 9.59 Å². The molecule has 1 aliphatic rings. The van der Waals surface area contributed by atoms with Crippen molar-refractivity contribution in [2.45, 2.75) is 13.8 Å². The third-order valence-electron chi connectivity index (χ3n) is 5.35. The van der Waals surface area contributed by atoms with Gasteiger partial charge in [0.05, 0.1) is 31.2 Å². The van der Waals surface area contributed by atoms with E-state index in [0.29, 0.717) is 28.4 Å². The fourth-order valence-corrected chi connectivity index (χ4v) is 3.88. The predicted molar refractivity (Wildman–Crippen MR) is 125 cm³/mol. The lowest BCUT2D eigenvalue weighted by Gasteiger charge is -2.17. The second kappa shape index (κ2) is 8.78. The second-order valence-electron chi connectivity index (χ2n) is 7.74. The quantitative estimate of drug-likeness (QED) is 0.548. The minimum atomic E-state index is -0.512. The summed E-state index contributed by atoms with van der Waals surface area (Å²) in [5.41, 5.74) is 3.46. The van der Waals surface area contributed by atoms with Crippen molar-refractivity contribution in [1.82, 2.24) is 0 Å². The van der Waals surface area contributed by atoms with Crippen molar-refractivity contribution in [3.8, 4) is 11.5 Å². The number of ether oxygens (including phenoxy) is 2. The third kappa shape index (κ3) is 4.17. The van der Waals surface area contributed by atoms with Crippen LogP contribution in [0.2, 0.25) is 0 Å². The Labute approximate surface area is 191 Å². The van der Waals surface area contributed by atoms with E-state index in [9.17, 15) is 14.0 Å². The summed E-state index contributed by atoms with van der Waals surface area (Å²) >= 11 is 0. The maximum Gasteiger partial charge on any atom is 0.282 e. The number of amides is 2. The number of carbonyl (C=O) groups excluding carboxylic acids is 2. The van der Waals surface area contributed by atoms with Gasteiger partial charge in [-0.15, -0.1) is 0 Å². The van der Waals surface area contributed by atoms with Crippen LogP contribution in [0.1, 0.15) is 16.7 Å². The van der Waals surface area contributed by atoms with Crippen LogP contribution in [0.25, 0.3) is 5.57 Å². The molecule has 1 N–H and O–H groups in total. The third-order valence-corrected chi connectivity index (χ3v) is 5.35. The Bertz CT molecular complexity index is 1260. The molecular formula is C26H23FN2O4. The largest absolute Gasteiger partial charge is 0.497 e. The number of hydrogen-bond acceptors (Lipinski definition) is 5. The summed E-state index contributed by atoms with van der Waals surface area (Å²) in [6, 6.07) is 16.1. The SMILES string of the molecule is COc1ccc(NC2=C(c3ccc(F)cc3)C(=O)N(c3cc(C)cc(C)c3)C2=O)c(OC)c1. The van der Waals surface area contributed by atoms with Crippen LogP contribution in [-0.2, 0) is 9.59 Å². The van der Waals surface area contributed by atoms with E-state index in [2.05, 4.69) is 5.32 Å². The topological polar surface area (TPSA) is 67.9 Å². The molecule has 0 aromatic heterocycles. The monoisotopic (exact) mass is 446 g/mol. The van der Waals surface area contributed by atoms with E-state index in [1.807, 2.05) is 19.9 Å². The predicted octanol–water partition coefficient (Wildman–Crippen LogP) is 4.86. The fraction of sp³-hybridized carbons (Fsp3) is 0.154. The molecule has 3 aromatic rings. The molecule has 0 saturated carbocycles. The second-order valence-corrected chi connectivity index (χ2v) is 7.74. The molecule has 1 heterocycles. The molecule has 4 rings (SSSR count). The molecule has 2 amide bonds. The van der Waals surface area contributed by atoms with Crippen molar-refractivity contribution in [3.63, 3.8) is 0 Å². The summed E-state index contributed by atoms with van der Waals surface area (Å²) in [5.74, 6) is -0.427. The van der Waals surface area contributed by atoms with Gasteiger partial charge in [-0.05, 0) is 66.9 Å². The molecule has 7 heteroatoms. The number of carbonyl (C=O) groups is 2. The van der Waals surface area contributed by atoms with Crippen LogP contribution in [0, 0.1) is 19.7 Å². The van der Waals surface area contributed by atoms with E-state index >= 15 is 0 Å². The number of aryl methyl sites for hydroxylation is 2. The molecule has 6 nitrogen and oxygen atoms in total. The van der Waals surface area contributed by atoms with Crippen LogP contribution in [0.4, 0.5) is 15.8 Å². The van der Waals surface area contributed by atoms with Crippen molar-refractivity contribution in [3.05, 3.63) is 88.9 Å². The van der Waals surface area contributed by atoms with Crippen molar-refractivity contribution < 1.29 is 23.5 Å². The number of nitrogens with one attached hydrogen (secondary N) is 1. The summed E-state index contributed by atoms with van der Waals surface area (Å²) in [4.78, 5) is 28.2. The minimum absolute atomic E-state index is 0.0780. The van der Waals surface area contributed by atoms with E-state index in [-0.39, 0.29) is 11.3 Å². The Hall–Kier alpha value is -4.13. The lowest BCUT2D eigenvalue weighted by molar-refractivity contribution is -0.120. The van der Waals surface area contributed by atoms with E-state index in [1.165, 1.54) is 38.5 Å². The van der Waals surface area contributed by atoms with Gasteiger partial charge in [0.2, 0.25) is 0 Å². The fourth-order valence-electron chi connectivity index (χ4n) is 3.88. The van der Waals surface area contributed by atoms with Crippen molar-refractivity contribution in [2.75, 3.05) is 24.4 Å². The Balaban J connectivity index is 1.85. The molecule has 0 bridgehead atoms. The molecule has 0 radical (unpaired) electrons. The summed E-state index contributed by atoms with van der Waals surface area (Å²) in [5, 5.41) is 3.08. The first-order valence-corrected chi connectivity index (χ1v) is 10.3. The van der Waals surface area contributed by atoms with Gasteiger partial charge in [-0.2, -0.15) is 0 Å². The zero-order valence-electron chi connectivity index (χ0n) is 18.7. The maximum absolute atomic E-state index is 13.6. The molecule has 0 saturated heterocycles. The normalized spacial score (nSPS) is 13.5. The highest BCUT2D eigenvalue weighted by Gasteiger charge is 2.40. The summed E-state index contributed by atoms with van der Waals surface area (Å²) in [6.07, 6.45) is 0. The Kier molecular flexibility index (Phi) is 5.87. The smallest absolute Gasteiger partial charge is 0.282 e. The van der Waals surface area contributed by atoms with Gasteiger partial charge in [0.1, 0.15) is 23.0 Å². The standard InChI is InChI=1S/C26H23FN2O4/c1-15-11-16(2)13-19(12-15)29-25(30)23(17-5-7-18(27)8-6-17)24(26(29)31)28-21-10-9-20(32-3)14-22(21)33-4/h5-14,28H,1-4H3. The Morgan fingerprint density at radius 1 is 0.818 bits per heavy atom. The average molecular weight is 446 g/mol. The number of methoxy groups -OCH3 is 2. The van der Waals surface area contributed by atoms with Gasteiger partial charge in [-0.1, -0.05) is 18.2 Å². The molecule has 0 atom stereocenters. The minimum Gasteiger partial charge on any atom is -0.497 e. The molecule has 3 aromatic carbocycles. The molecule has 33 heavy (non-hydrogen) atoms. The highest BCUT2D eigenvalue weighted by molar-refractivity contribution is 6.46.